The zero-order chi connectivity index (χ0) is 15.0. The van der Waals surface area contributed by atoms with Crippen molar-refractivity contribution in [1.82, 2.24) is 5.32 Å². The molecule has 0 bridgehead atoms. The number of carbonyl (C=O) groups is 2. The Morgan fingerprint density at radius 3 is 2.65 bits per heavy atom. The van der Waals surface area contributed by atoms with Crippen LogP contribution in [0.5, 0.6) is 5.75 Å². The molecule has 0 aliphatic carbocycles. The van der Waals surface area contributed by atoms with E-state index in [1.54, 1.807) is 18.2 Å². The molecular weight excluding hydrogens is 280 g/mol. The number of nitrogens with one attached hydrogen (secondary N) is 2. The molecule has 0 saturated carbocycles. The van der Waals surface area contributed by atoms with Crippen LogP contribution >= 0.6 is 11.6 Å². The number of rotatable bonds is 7. The lowest BCUT2D eigenvalue weighted by Crippen LogP contribution is -2.28. The Hall–Kier alpha value is -1.75. The van der Waals surface area contributed by atoms with Crippen LogP contribution in [0.1, 0.15) is 26.2 Å². The van der Waals surface area contributed by atoms with Gasteiger partial charge in [-0.15, -0.1) is 0 Å². The van der Waals surface area contributed by atoms with E-state index in [2.05, 4.69) is 10.6 Å². The highest BCUT2D eigenvalue weighted by Crippen LogP contribution is 2.27. The predicted molar refractivity (Wildman–Crippen MR) is 79.2 cm³/mol. The zero-order valence-electron chi connectivity index (χ0n) is 11.7. The first-order chi connectivity index (χ1) is 9.56. The lowest BCUT2D eigenvalue weighted by molar-refractivity contribution is -0.126. The summed E-state index contributed by atoms with van der Waals surface area (Å²) in [6.07, 6.45) is 1.70. The Balaban J connectivity index is 2.46. The number of ether oxygens (including phenoxy) is 1. The second-order valence-corrected chi connectivity index (χ2v) is 4.68. The molecule has 0 spiro atoms. The van der Waals surface area contributed by atoms with Crippen molar-refractivity contribution in [3.8, 4) is 5.75 Å². The van der Waals surface area contributed by atoms with Gasteiger partial charge in [0.1, 0.15) is 12.2 Å². The SMILES string of the molecule is CCCCNC(=O)CC(=O)Nc1ccc(OC)c(Cl)c1. The Kier molecular flexibility index (Phi) is 6.87. The molecule has 2 N–H and O–H groups in total. The number of benzene rings is 1. The number of methoxy groups -OCH3 is 1. The van der Waals surface area contributed by atoms with Gasteiger partial charge in [0, 0.05) is 12.2 Å². The topological polar surface area (TPSA) is 67.4 Å². The molecule has 0 radical (unpaired) electrons. The molecule has 20 heavy (non-hydrogen) atoms. The molecule has 1 aromatic rings. The Morgan fingerprint density at radius 1 is 1.30 bits per heavy atom. The third kappa shape index (κ3) is 5.48. The third-order valence-corrected chi connectivity index (χ3v) is 2.90. The lowest BCUT2D eigenvalue weighted by Gasteiger charge is -2.08. The third-order valence-electron chi connectivity index (χ3n) is 2.61. The second kappa shape index (κ2) is 8.43. The van der Waals surface area contributed by atoms with Gasteiger partial charge in [-0.25, -0.2) is 0 Å². The van der Waals surface area contributed by atoms with Crippen LogP contribution in [-0.2, 0) is 9.59 Å². The minimum atomic E-state index is -0.375. The van der Waals surface area contributed by atoms with Crippen LogP contribution in [0.3, 0.4) is 0 Å². The van der Waals surface area contributed by atoms with Gasteiger partial charge in [-0.3, -0.25) is 9.59 Å². The normalized spacial score (nSPS) is 9.95. The van der Waals surface area contributed by atoms with E-state index < -0.39 is 0 Å². The van der Waals surface area contributed by atoms with Crippen molar-refractivity contribution in [1.29, 1.82) is 0 Å². The Bertz CT molecular complexity index is 477. The molecule has 6 heteroatoms. The first-order valence-electron chi connectivity index (χ1n) is 6.47. The van der Waals surface area contributed by atoms with E-state index in [1.165, 1.54) is 7.11 Å². The minimum Gasteiger partial charge on any atom is -0.495 e. The average Bonchev–Trinajstić information content (AvgIpc) is 2.39. The number of hydrogen-bond acceptors (Lipinski definition) is 3. The quantitative estimate of drug-likeness (QED) is 0.600. The average molecular weight is 299 g/mol. The number of amides is 2. The predicted octanol–water partition coefficient (Wildman–Crippen LogP) is 2.59. The van der Waals surface area contributed by atoms with Crippen molar-refractivity contribution in [2.75, 3.05) is 19.0 Å². The molecule has 0 aliphatic heterocycles. The maximum Gasteiger partial charge on any atom is 0.233 e. The lowest BCUT2D eigenvalue weighted by atomic mass is 10.2. The molecule has 0 atom stereocenters. The smallest absolute Gasteiger partial charge is 0.233 e. The van der Waals surface area contributed by atoms with Crippen LogP contribution in [-0.4, -0.2) is 25.5 Å². The van der Waals surface area contributed by atoms with E-state index in [9.17, 15) is 9.59 Å². The standard InChI is InChI=1S/C14H19ClN2O3/c1-3-4-7-16-13(18)9-14(19)17-10-5-6-12(20-2)11(15)8-10/h5-6,8H,3-4,7,9H2,1-2H3,(H,16,18)(H,17,19). The van der Waals surface area contributed by atoms with Crippen molar-refractivity contribution in [3.63, 3.8) is 0 Å². The molecule has 0 fully saturated rings. The fourth-order valence-corrected chi connectivity index (χ4v) is 1.82. The summed E-state index contributed by atoms with van der Waals surface area (Å²) in [6.45, 7) is 2.63. The van der Waals surface area contributed by atoms with Crippen molar-refractivity contribution in [2.24, 2.45) is 0 Å². The summed E-state index contributed by atoms with van der Waals surface area (Å²) < 4.78 is 5.02. The highest BCUT2D eigenvalue weighted by atomic mass is 35.5. The molecule has 0 saturated heterocycles. The van der Waals surface area contributed by atoms with Gasteiger partial charge in [0.05, 0.1) is 12.1 Å². The molecule has 0 aliphatic rings. The van der Waals surface area contributed by atoms with Gasteiger partial charge in [0.15, 0.2) is 0 Å². The van der Waals surface area contributed by atoms with Crippen LogP contribution in [0.15, 0.2) is 18.2 Å². The molecule has 5 nitrogen and oxygen atoms in total. The monoisotopic (exact) mass is 298 g/mol. The molecule has 0 aromatic heterocycles. The molecule has 1 aromatic carbocycles. The van der Waals surface area contributed by atoms with Crippen molar-refractivity contribution >= 4 is 29.1 Å². The van der Waals surface area contributed by atoms with Crippen molar-refractivity contribution in [2.45, 2.75) is 26.2 Å². The van der Waals surface area contributed by atoms with E-state index in [1.807, 2.05) is 6.92 Å². The van der Waals surface area contributed by atoms with Gasteiger partial charge in [0.2, 0.25) is 11.8 Å². The zero-order valence-corrected chi connectivity index (χ0v) is 12.4. The van der Waals surface area contributed by atoms with Crippen molar-refractivity contribution in [3.05, 3.63) is 23.2 Å². The summed E-state index contributed by atoms with van der Waals surface area (Å²) >= 11 is 5.95. The molecule has 1 rings (SSSR count). The number of unbranched alkanes of at least 4 members (excludes halogenated alkanes) is 1. The number of hydrogen-bond donors (Lipinski definition) is 2. The molecule has 0 unspecified atom stereocenters. The second-order valence-electron chi connectivity index (χ2n) is 4.28. The highest BCUT2D eigenvalue weighted by Gasteiger charge is 2.10. The van der Waals surface area contributed by atoms with Crippen LogP contribution < -0.4 is 15.4 Å². The largest absolute Gasteiger partial charge is 0.495 e. The van der Waals surface area contributed by atoms with E-state index >= 15 is 0 Å². The van der Waals surface area contributed by atoms with Gasteiger partial charge < -0.3 is 15.4 Å². The summed E-state index contributed by atoms with van der Waals surface area (Å²) in [5.41, 5.74) is 0.530. The Morgan fingerprint density at radius 2 is 2.05 bits per heavy atom. The fourth-order valence-electron chi connectivity index (χ4n) is 1.56. The van der Waals surface area contributed by atoms with Crippen LogP contribution in [0, 0.1) is 0 Å². The van der Waals surface area contributed by atoms with E-state index in [0.29, 0.717) is 23.0 Å². The first-order valence-corrected chi connectivity index (χ1v) is 6.84. The molecule has 0 heterocycles. The molecule has 110 valence electrons. The number of anilines is 1. The van der Waals surface area contributed by atoms with E-state index in [4.69, 9.17) is 16.3 Å². The van der Waals surface area contributed by atoms with Gasteiger partial charge >= 0.3 is 0 Å². The summed E-state index contributed by atoms with van der Waals surface area (Å²) in [4.78, 5) is 23.1. The summed E-state index contributed by atoms with van der Waals surface area (Å²) in [5, 5.41) is 5.70. The minimum absolute atomic E-state index is 0.201. The van der Waals surface area contributed by atoms with Crippen LogP contribution in [0.25, 0.3) is 0 Å². The van der Waals surface area contributed by atoms with Crippen LogP contribution in [0.4, 0.5) is 5.69 Å². The van der Waals surface area contributed by atoms with Gasteiger partial charge in [-0.05, 0) is 24.6 Å². The molecule has 2 amide bonds. The van der Waals surface area contributed by atoms with Gasteiger partial charge in [0.25, 0.3) is 0 Å². The maximum absolute atomic E-state index is 11.7. The number of carbonyl (C=O) groups excluding carboxylic acids is 2. The van der Waals surface area contributed by atoms with Crippen LogP contribution in [0.2, 0.25) is 5.02 Å². The van der Waals surface area contributed by atoms with E-state index in [-0.39, 0.29) is 18.2 Å². The Labute approximate surface area is 123 Å². The van der Waals surface area contributed by atoms with Crippen molar-refractivity contribution < 1.29 is 14.3 Å². The fraction of sp³-hybridized carbons (Fsp3) is 0.429. The first kappa shape index (κ1) is 16.3. The molecular formula is C14H19ClN2O3. The summed E-state index contributed by atoms with van der Waals surface area (Å²) in [5.74, 6) is -0.127. The van der Waals surface area contributed by atoms with Gasteiger partial charge in [-0.1, -0.05) is 24.9 Å². The summed E-state index contributed by atoms with van der Waals surface area (Å²) in [7, 11) is 1.51. The maximum atomic E-state index is 11.7. The summed E-state index contributed by atoms with van der Waals surface area (Å²) in [6, 6.07) is 4.89. The highest BCUT2D eigenvalue weighted by molar-refractivity contribution is 6.32. The number of halogens is 1. The van der Waals surface area contributed by atoms with Gasteiger partial charge in [-0.2, -0.15) is 0 Å². The van der Waals surface area contributed by atoms with E-state index in [0.717, 1.165) is 12.8 Å².